The smallest absolute Gasteiger partial charge is 0.255 e. The molecule has 0 aliphatic heterocycles. The summed E-state index contributed by atoms with van der Waals surface area (Å²) >= 11 is 0. The third-order valence-electron chi connectivity index (χ3n) is 2.55. The maximum absolute atomic E-state index is 13.1. The van der Waals surface area contributed by atoms with E-state index >= 15 is 0 Å². The van der Waals surface area contributed by atoms with E-state index in [0.717, 1.165) is 18.0 Å². The van der Waals surface area contributed by atoms with Gasteiger partial charge in [-0.15, -0.1) is 0 Å². The van der Waals surface area contributed by atoms with E-state index in [1.165, 1.54) is 0 Å². The predicted octanol–water partition coefficient (Wildman–Crippen LogP) is 2.09. The van der Waals surface area contributed by atoms with Crippen LogP contribution < -0.4 is 10.6 Å². The minimum absolute atomic E-state index is 0.158. The number of halogens is 1. The standard InChI is InChI=1S/C13H14FN3O2/c1-8-3-4-10(19-8)7-17-13(18)11-5-9(14)6-16-12(11)15-2/h3-6H,7H2,1-2H3,(H,15,16)(H,17,18). The van der Waals surface area contributed by atoms with Gasteiger partial charge in [0.1, 0.15) is 23.2 Å². The highest BCUT2D eigenvalue weighted by atomic mass is 19.1. The van der Waals surface area contributed by atoms with Crippen LogP contribution in [0.15, 0.2) is 28.8 Å². The number of aromatic nitrogens is 1. The van der Waals surface area contributed by atoms with Gasteiger partial charge in [0.05, 0.1) is 18.3 Å². The Balaban J connectivity index is 2.09. The van der Waals surface area contributed by atoms with Crippen molar-refractivity contribution in [2.24, 2.45) is 0 Å². The number of hydrogen-bond acceptors (Lipinski definition) is 4. The van der Waals surface area contributed by atoms with Crippen molar-refractivity contribution < 1.29 is 13.6 Å². The molecule has 2 aromatic heterocycles. The average Bonchev–Trinajstić information content (AvgIpc) is 2.81. The van der Waals surface area contributed by atoms with Crippen molar-refractivity contribution in [1.82, 2.24) is 10.3 Å². The molecule has 0 unspecified atom stereocenters. The number of carbonyl (C=O) groups is 1. The van der Waals surface area contributed by atoms with Crippen LogP contribution in [0, 0.1) is 12.7 Å². The van der Waals surface area contributed by atoms with Gasteiger partial charge in [-0.2, -0.15) is 0 Å². The molecule has 19 heavy (non-hydrogen) atoms. The van der Waals surface area contributed by atoms with E-state index < -0.39 is 11.7 Å². The van der Waals surface area contributed by atoms with Gasteiger partial charge in [-0.05, 0) is 25.1 Å². The third-order valence-corrected chi connectivity index (χ3v) is 2.55. The van der Waals surface area contributed by atoms with Crippen molar-refractivity contribution in [3.8, 4) is 0 Å². The van der Waals surface area contributed by atoms with Gasteiger partial charge in [0, 0.05) is 7.05 Å². The maximum Gasteiger partial charge on any atom is 0.255 e. The van der Waals surface area contributed by atoms with Crippen LogP contribution in [0.1, 0.15) is 21.9 Å². The number of amides is 1. The summed E-state index contributed by atoms with van der Waals surface area (Å²) in [7, 11) is 1.62. The minimum Gasteiger partial charge on any atom is -0.465 e. The molecule has 0 spiro atoms. The highest BCUT2D eigenvalue weighted by Crippen LogP contribution is 2.13. The van der Waals surface area contributed by atoms with Crippen molar-refractivity contribution in [2.75, 3.05) is 12.4 Å². The molecule has 2 rings (SSSR count). The second-order valence-corrected chi connectivity index (χ2v) is 3.99. The van der Waals surface area contributed by atoms with E-state index in [1.807, 2.05) is 13.0 Å². The number of rotatable bonds is 4. The van der Waals surface area contributed by atoms with E-state index in [9.17, 15) is 9.18 Å². The molecule has 0 saturated carbocycles. The lowest BCUT2D eigenvalue weighted by molar-refractivity contribution is 0.0948. The van der Waals surface area contributed by atoms with Crippen LogP contribution in [-0.2, 0) is 6.54 Å². The molecule has 5 nitrogen and oxygen atoms in total. The van der Waals surface area contributed by atoms with Gasteiger partial charge in [-0.25, -0.2) is 9.37 Å². The van der Waals surface area contributed by atoms with Crippen LogP contribution >= 0.6 is 0 Å². The lowest BCUT2D eigenvalue weighted by Gasteiger charge is -2.08. The molecule has 2 aromatic rings. The molecule has 0 bridgehead atoms. The number of pyridine rings is 1. The molecule has 0 aromatic carbocycles. The average molecular weight is 263 g/mol. The fourth-order valence-electron chi connectivity index (χ4n) is 1.65. The molecule has 1 amide bonds. The van der Waals surface area contributed by atoms with E-state index in [2.05, 4.69) is 15.6 Å². The molecule has 0 fully saturated rings. The van der Waals surface area contributed by atoms with Crippen molar-refractivity contribution in [3.63, 3.8) is 0 Å². The Bertz CT molecular complexity index is 595. The number of nitrogens with one attached hydrogen (secondary N) is 2. The van der Waals surface area contributed by atoms with Crippen LogP contribution in [0.2, 0.25) is 0 Å². The molecule has 6 heteroatoms. The Morgan fingerprint density at radius 1 is 1.47 bits per heavy atom. The summed E-state index contributed by atoms with van der Waals surface area (Å²) in [6.07, 6.45) is 1.05. The fraction of sp³-hybridized carbons (Fsp3) is 0.231. The Morgan fingerprint density at radius 3 is 2.89 bits per heavy atom. The number of nitrogens with zero attached hydrogens (tertiary/aromatic N) is 1. The summed E-state index contributed by atoms with van der Waals surface area (Å²) in [6.45, 7) is 2.06. The number of carbonyl (C=O) groups excluding carboxylic acids is 1. The summed E-state index contributed by atoms with van der Waals surface area (Å²) < 4.78 is 18.5. The first-order valence-electron chi connectivity index (χ1n) is 5.77. The number of anilines is 1. The van der Waals surface area contributed by atoms with Gasteiger partial charge in [-0.3, -0.25) is 4.79 Å². The predicted molar refractivity (Wildman–Crippen MR) is 68.4 cm³/mol. The van der Waals surface area contributed by atoms with Crippen LogP contribution in [0.5, 0.6) is 0 Å². The van der Waals surface area contributed by atoms with E-state index in [1.54, 1.807) is 13.1 Å². The van der Waals surface area contributed by atoms with Gasteiger partial charge < -0.3 is 15.1 Å². The molecular formula is C13H14FN3O2. The van der Waals surface area contributed by atoms with E-state index in [0.29, 0.717) is 11.6 Å². The monoisotopic (exact) mass is 263 g/mol. The summed E-state index contributed by atoms with van der Waals surface area (Å²) in [5.74, 6) is 0.770. The first-order valence-corrected chi connectivity index (χ1v) is 5.77. The Morgan fingerprint density at radius 2 is 2.26 bits per heavy atom. The lowest BCUT2D eigenvalue weighted by Crippen LogP contribution is -2.24. The number of furan rings is 1. The topological polar surface area (TPSA) is 67.2 Å². The van der Waals surface area contributed by atoms with E-state index in [4.69, 9.17) is 4.42 Å². The van der Waals surface area contributed by atoms with Crippen LogP contribution in [0.4, 0.5) is 10.2 Å². The molecule has 100 valence electrons. The summed E-state index contributed by atoms with van der Waals surface area (Å²) in [4.78, 5) is 15.8. The first-order chi connectivity index (χ1) is 9.10. The Labute approximate surface area is 109 Å². The normalized spacial score (nSPS) is 10.3. The van der Waals surface area contributed by atoms with Crippen molar-refractivity contribution in [1.29, 1.82) is 0 Å². The molecule has 2 heterocycles. The number of hydrogen-bond donors (Lipinski definition) is 2. The Hall–Kier alpha value is -2.37. The van der Waals surface area contributed by atoms with Crippen molar-refractivity contribution >= 4 is 11.7 Å². The third kappa shape index (κ3) is 3.09. The molecule has 0 saturated heterocycles. The van der Waals surface area contributed by atoms with Crippen LogP contribution in [-0.4, -0.2) is 17.9 Å². The van der Waals surface area contributed by atoms with Gasteiger partial charge >= 0.3 is 0 Å². The van der Waals surface area contributed by atoms with Crippen molar-refractivity contribution in [2.45, 2.75) is 13.5 Å². The van der Waals surface area contributed by atoms with Crippen LogP contribution in [0.25, 0.3) is 0 Å². The highest BCUT2D eigenvalue weighted by Gasteiger charge is 2.13. The molecule has 0 radical (unpaired) electrons. The largest absolute Gasteiger partial charge is 0.465 e. The van der Waals surface area contributed by atoms with Gasteiger partial charge in [0.2, 0.25) is 0 Å². The molecular weight excluding hydrogens is 249 g/mol. The van der Waals surface area contributed by atoms with Crippen molar-refractivity contribution in [3.05, 3.63) is 47.3 Å². The zero-order valence-electron chi connectivity index (χ0n) is 10.7. The molecule has 0 aliphatic carbocycles. The molecule has 2 N–H and O–H groups in total. The molecule has 0 aliphatic rings. The summed E-state index contributed by atoms with van der Waals surface area (Å²) in [5.41, 5.74) is 0.158. The molecule has 0 atom stereocenters. The quantitative estimate of drug-likeness (QED) is 0.886. The van der Waals surface area contributed by atoms with E-state index in [-0.39, 0.29) is 12.1 Å². The van der Waals surface area contributed by atoms with Crippen LogP contribution in [0.3, 0.4) is 0 Å². The Kier molecular flexibility index (Phi) is 3.79. The number of aryl methyl sites for hydroxylation is 1. The lowest BCUT2D eigenvalue weighted by atomic mass is 10.2. The fourth-order valence-corrected chi connectivity index (χ4v) is 1.65. The van der Waals surface area contributed by atoms with Gasteiger partial charge in [-0.1, -0.05) is 0 Å². The minimum atomic E-state index is -0.557. The van der Waals surface area contributed by atoms with Gasteiger partial charge in [0.15, 0.2) is 0 Å². The second kappa shape index (κ2) is 5.51. The zero-order valence-corrected chi connectivity index (χ0v) is 10.7. The summed E-state index contributed by atoms with van der Waals surface area (Å²) in [5, 5.41) is 5.40. The zero-order chi connectivity index (χ0) is 13.8. The highest BCUT2D eigenvalue weighted by molar-refractivity contribution is 5.98. The first kappa shape index (κ1) is 13.1. The van der Waals surface area contributed by atoms with Gasteiger partial charge in [0.25, 0.3) is 5.91 Å². The summed E-state index contributed by atoms with van der Waals surface area (Å²) in [6, 6.07) is 4.73. The maximum atomic E-state index is 13.1. The second-order valence-electron chi connectivity index (χ2n) is 3.99. The SMILES string of the molecule is CNc1ncc(F)cc1C(=O)NCc1ccc(C)o1.